The molecule has 3 nitrogen and oxygen atoms in total. The van der Waals surface area contributed by atoms with Gasteiger partial charge in [-0.15, -0.1) is 0 Å². The van der Waals surface area contributed by atoms with Crippen LogP contribution in [0.2, 0.25) is 0 Å². The Morgan fingerprint density at radius 2 is 1.46 bits per heavy atom. The standard InChI is InChI=1S/C32H43NO2/c1-7-30(29-15-11-14-28(21-29)25(6)33(23(2)3)24(4)5)31-20-26(18-19-34)16-17-32(31)35-22-27-12-9-8-10-13-27/h8-17,20-21,23-25,30,34H,7,18-19,22H2,1-6H3/t25?,30-/m1/s1. The van der Waals surface area contributed by atoms with Gasteiger partial charge in [-0.3, -0.25) is 4.90 Å². The smallest absolute Gasteiger partial charge is 0.123 e. The molecule has 0 aliphatic carbocycles. The number of aliphatic hydroxyl groups excluding tert-OH is 1. The van der Waals surface area contributed by atoms with Crippen molar-refractivity contribution < 1.29 is 9.84 Å². The van der Waals surface area contributed by atoms with Gasteiger partial charge >= 0.3 is 0 Å². The van der Waals surface area contributed by atoms with Crippen LogP contribution in [0.1, 0.15) is 87.7 Å². The van der Waals surface area contributed by atoms with E-state index in [2.05, 4.69) is 101 Å². The summed E-state index contributed by atoms with van der Waals surface area (Å²) in [6.07, 6.45) is 1.62. The Morgan fingerprint density at radius 1 is 0.771 bits per heavy atom. The summed E-state index contributed by atoms with van der Waals surface area (Å²) in [5, 5.41) is 9.55. The lowest BCUT2D eigenvalue weighted by molar-refractivity contribution is 0.123. The van der Waals surface area contributed by atoms with Crippen LogP contribution in [0.4, 0.5) is 0 Å². The van der Waals surface area contributed by atoms with Gasteiger partial charge in [-0.05, 0) is 75.8 Å². The number of nitrogens with zero attached hydrogens (tertiary/aromatic N) is 1. The average molecular weight is 474 g/mol. The van der Waals surface area contributed by atoms with Gasteiger partial charge in [-0.25, -0.2) is 0 Å². The first-order chi connectivity index (χ1) is 16.8. The lowest BCUT2D eigenvalue weighted by atomic mass is 9.86. The zero-order valence-corrected chi connectivity index (χ0v) is 22.4. The third-order valence-electron chi connectivity index (χ3n) is 6.93. The molecule has 3 aromatic rings. The Labute approximate surface area is 212 Å². The number of aliphatic hydroxyl groups is 1. The summed E-state index contributed by atoms with van der Waals surface area (Å²) in [7, 11) is 0. The van der Waals surface area contributed by atoms with Crippen molar-refractivity contribution in [3.05, 3.63) is 101 Å². The molecule has 3 aromatic carbocycles. The molecule has 0 saturated carbocycles. The van der Waals surface area contributed by atoms with Crippen molar-refractivity contribution in [2.75, 3.05) is 6.61 Å². The van der Waals surface area contributed by atoms with Crippen LogP contribution in [0.15, 0.2) is 72.8 Å². The normalized spacial score (nSPS) is 13.4. The maximum Gasteiger partial charge on any atom is 0.123 e. The first-order valence-corrected chi connectivity index (χ1v) is 13.1. The Morgan fingerprint density at radius 3 is 2.09 bits per heavy atom. The maximum absolute atomic E-state index is 9.55. The fourth-order valence-electron chi connectivity index (χ4n) is 5.36. The van der Waals surface area contributed by atoms with Gasteiger partial charge in [0.2, 0.25) is 0 Å². The van der Waals surface area contributed by atoms with Crippen LogP contribution < -0.4 is 4.74 Å². The minimum Gasteiger partial charge on any atom is -0.489 e. The van der Waals surface area contributed by atoms with Gasteiger partial charge in [-0.1, -0.05) is 73.7 Å². The van der Waals surface area contributed by atoms with Crippen molar-refractivity contribution in [3.8, 4) is 5.75 Å². The van der Waals surface area contributed by atoms with Crippen molar-refractivity contribution in [1.82, 2.24) is 4.90 Å². The zero-order chi connectivity index (χ0) is 25.4. The van der Waals surface area contributed by atoms with Gasteiger partial charge < -0.3 is 9.84 Å². The largest absolute Gasteiger partial charge is 0.489 e. The number of rotatable bonds is 12. The quantitative estimate of drug-likeness (QED) is 0.295. The van der Waals surface area contributed by atoms with Crippen LogP contribution in [0.3, 0.4) is 0 Å². The fraction of sp³-hybridized carbons (Fsp3) is 0.438. The summed E-state index contributed by atoms with van der Waals surface area (Å²) in [5.41, 5.74) is 6.16. The summed E-state index contributed by atoms with van der Waals surface area (Å²) in [6, 6.07) is 27.1. The SMILES string of the molecule is CC[C@H](c1cccc(C(C)N(C(C)C)C(C)C)c1)c1cc(CCO)ccc1OCc1ccccc1. The predicted molar refractivity (Wildman–Crippen MR) is 147 cm³/mol. The molecular formula is C32H43NO2. The summed E-state index contributed by atoms with van der Waals surface area (Å²) in [5.74, 6) is 1.14. The van der Waals surface area contributed by atoms with E-state index in [1.807, 2.05) is 18.2 Å². The van der Waals surface area contributed by atoms with Gasteiger partial charge in [0.25, 0.3) is 0 Å². The molecule has 0 saturated heterocycles. The van der Waals surface area contributed by atoms with Crippen molar-refractivity contribution in [1.29, 1.82) is 0 Å². The molecule has 0 aliphatic rings. The van der Waals surface area contributed by atoms with Gasteiger partial charge in [0.15, 0.2) is 0 Å². The minimum atomic E-state index is 0.147. The Bertz CT molecular complexity index is 1040. The number of ether oxygens (including phenoxy) is 1. The molecule has 35 heavy (non-hydrogen) atoms. The van der Waals surface area contributed by atoms with Gasteiger partial charge in [0.05, 0.1) is 0 Å². The summed E-state index contributed by atoms with van der Waals surface area (Å²) >= 11 is 0. The molecule has 3 rings (SSSR count). The number of hydrogen-bond donors (Lipinski definition) is 1. The van der Waals surface area contributed by atoms with E-state index in [4.69, 9.17) is 4.74 Å². The second-order valence-corrected chi connectivity index (χ2v) is 10.1. The molecule has 0 radical (unpaired) electrons. The van der Waals surface area contributed by atoms with Crippen LogP contribution in [0.25, 0.3) is 0 Å². The molecule has 1 N–H and O–H groups in total. The van der Waals surface area contributed by atoms with E-state index in [9.17, 15) is 5.11 Å². The maximum atomic E-state index is 9.55. The molecule has 2 atom stereocenters. The van der Waals surface area contributed by atoms with E-state index < -0.39 is 0 Å². The van der Waals surface area contributed by atoms with Crippen molar-refractivity contribution >= 4 is 0 Å². The second kappa shape index (κ2) is 12.9. The molecule has 188 valence electrons. The third kappa shape index (κ3) is 6.96. The van der Waals surface area contributed by atoms with E-state index in [-0.39, 0.29) is 12.5 Å². The van der Waals surface area contributed by atoms with E-state index in [1.165, 1.54) is 16.7 Å². The van der Waals surface area contributed by atoms with Gasteiger partial charge in [0, 0.05) is 36.2 Å². The van der Waals surface area contributed by atoms with E-state index in [0.717, 1.165) is 23.3 Å². The molecule has 3 heteroatoms. The highest BCUT2D eigenvalue weighted by Crippen LogP contribution is 2.37. The first-order valence-electron chi connectivity index (χ1n) is 13.1. The van der Waals surface area contributed by atoms with E-state index in [0.29, 0.717) is 31.2 Å². The highest BCUT2D eigenvalue weighted by Gasteiger charge is 2.23. The van der Waals surface area contributed by atoms with Crippen LogP contribution >= 0.6 is 0 Å². The predicted octanol–water partition coefficient (Wildman–Crippen LogP) is 7.52. The van der Waals surface area contributed by atoms with E-state index >= 15 is 0 Å². The minimum absolute atomic E-state index is 0.147. The summed E-state index contributed by atoms with van der Waals surface area (Å²) < 4.78 is 6.37. The highest BCUT2D eigenvalue weighted by molar-refractivity contribution is 5.45. The molecule has 0 bridgehead atoms. The van der Waals surface area contributed by atoms with Gasteiger partial charge in [-0.2, -0.15) is 0 Å². The van der Waals surface area contributed by atoms with Crippen molar-refractivity contribution in [2.24, 2.45) is 0 Å². The first kappa shape index (κ1) is 27.0. The molecule has 0 fully saturated rings. The van der Waals surface area contributed by atoms with Crippen molar-refractivity contribution in [2.45, 2.75) is 85.0 Å². The Balaban J connectivity index is 1.97. The molecular weight excluding hydrogens is 430 g/mol. The Hall–Kier alpha value is -2.62. The van der Waals surface area contributed by atoms with Crippen LogP contribution in [-0.4, -0.2) is 28.7 Å². The van der Waals surface area contributed by atoms with E-state index in [1.54, 1.807) is 0 Å². The average Bonchev–Trinajstić information content (AvgIpc) is 2.84. The molecule has 0 aromatic heterocycles. The molecule has 0 aliphatic heterocycles. The lowest BCUT2D eigenvalue weighted by Gasteiger charge is -2.37. The van der Waals surface area contributed by atoms with Gasteiger partial charge in [0.1, 0.15) is 12.4 Å². The summed E-state index contributed by atoms with van der Waals surface area (Å²) in [6.45, 7) is 14.4. The van der Waals surface area contributed by atoms with Crippen LogP contribution in [0.5, 0.6) is 5.75 Å². The molecule has 0 heterocycles. The molecule has 1 unspecified atom stereocenters. The lowest BCUT2D eigenvalue weighted by Crippen LogP contribution is -2.39. The van der Waals surface area contributed by atoms with Crippen molar-refractivity contribution in [3.63, 3.8) is 0 Å². The highest BCUT2D eigenvalue weighted by atomic mass is 16.5. The Kier molecular flexibility index (Phi) is 9.94. The molecule has 0 amide bonds. The van der Waals surface area contributed by atoms with Crippen LogP contribution in [0, 0.1) is 0 Å². The monoisotopic (exact) mass is 473 g/mol. The topological polar surface area (TPSA) is 32.7 Å². The number of hydrogen-bond acceptors (Lipinski definition) is 3. The third-order valence-corrected chi connectivity index (χ3v) is 6.93. The fourth-order valence-corrected chi connectivity index (χ4v) is 5.36. The molecule has 0 spiro atoms. The van der Waals surface area contributed by atoms with Crippen LogP contribution in [-0.2, 0) is 13.0 Å². The zero-order valence-electron chi connectivity index (χ0n) is 22.4. The summed E-state index contributed by atoms with van der Waals surface area (Å²) in [4.78, 5) is 2.57. The second-order valence-electron chi connectivity index (χ2n) is 10.1. The number of benzene rings is 3.